The molecule has 3 N–H and O–H groups in total. The largest absolute Gasteiger partial charge is 0.381 e. The maximum atomic E-state index is 13.6. The van der Waals surface area contributed by atoms with Gasteiger partial charge in [-0.2, -0.15) is 0 Å². The van der Waals surface area contributed by atoms with Gasteiger partial charge in [0, 0.05) is 28.4 Å². The van der Waals surface area contributed by atoms with Crippen molar-refractivity contribution in [2.24, 2.45) is 5.73 Å². The fourth-order valence-corrected chi connectivity index (χ4v) is 1.85. The average Bonchev–Trinajstić information content (AvgIpc) is 2.37. The van der Waals surface area contributed by atoms with Crippen molar-refractivity contribution in [1.29, 1.82) is 0 Å². The van der Waals surface area contributed by atoms with E-state index in [1.165, 1.54) is 18.2 Å². The van der Waals surface area contributed by atoms with E-state index in [0.717, 1.165) is 5.69 Å². The Hall–Kier alpha value is -2.07. The Kier molecular flexibility index (Phi) is 4.02. The quantitative estimate of drug-likeness (QED) is 0.902. The van der Waals surface area contributed by atoms with Crippen LogP contribution >= 0.6 is 11.6 Å². The van der Waals surface area contributed by atoms with Crippen LogP contribution in [0.1, 0.15) is 15.9 Å². The van der Waals surface area contributed by atoms with E-state index in [1.807, 2.05) is 6.07 Å². The normalized spacial score (nSPS) is 10.2. The average molecular weight is 279 g/mol. The molecular weight excluding hydrogens is 267 g/mol. The summed E-state index contributed by atoms with van der Waals surface area (Å²) in [5.41, 5.74) is 6.59. The predicted octanol–water partition coefficient (Wildman–Crippen LogP) is 3.19. The number of carbonyl (C=O) groups is 1. The van der Waals surface area contributed by atoms with Crippen LogP contribution in [0.15, 0.2) is 42.5 Å². The first-order chi connectivity index (χ1) is 9.06. The molecule has 0 saturated heterocycles. The Morgan fingerprint density at radius 1 is 1.26 bits per heavy atom. The molecule has 0 heterocycles. The molecule has 19 heavy (non-hydrogen) atoms. The first kappa shape index (κ1) is 13.4. The van der Waals surface area contributed by atoms with Gasteiger partial charge in [0.25, 0.3) is 0 Å². The highest BCUT2D eigenvalue weighted by atomic mass is 35.5. The molecule has 0 spiro atoms. The molecule has 1 amide bonds. The third-order valence-electron chi connectivity index (χ3n) is 2.64. The Morgan fingerprint density at radius 3 is 2.74 bits per heavy atom. The number of hydrogen-bond acceptors (Lipinski definition) is 2. The van der Waals surface area contributed by atoms with Gasteiger partial charge in [-0.05, 0) is 36.4 Å². The lowest BCUT2D eigenvalue weighted by Crippen LogP contribution is -2.12. The summed E-state index contributed by atoms with van der Waals surface area (Å²) in [6.07, 6.45) is 0. The molecule has 0 radical (unpaired) electrons. The van der Waals surface area contributed by atoms with Crippen LogP contribution in [0.2, 0.25) is 5.02 Å². The molecule has 0 fully saturated rings. The summed E-state index contributed by atoms with van der Waals surface area (Å²) in [5.74, 6) is -0.969. The van der Waals surface area contributed by atoms with Crippen LogP contribution in [0.3, 0.4) is 0 Å². The van der Waals surface area contributed by atoms with Gasteiger partial charge in [-0.25, -0.2) is 4.39 Å². The lowest BCUT2D eigenvalue weighted by atomic mass is 10.1. The van der Waals surface area contributed by atoms with E-state index >= 15 is 0 Å². The summed E-state index contributed by atoms with van der Waals surface area (Å²) in [4.78, 5) is 11.0. The molecule has 0 bridgehead atoms. The Bertz CT molecular complexity index is 616. The molecule has 0 unspecified atom stereocenters. The molecule has 3 nitrogen and oxygen atoms in total. The van der Waals surface area contributed by atoms with Crippen LogP contribution in [0.4, 0.5) is 10.1 Å². The maximum Gasteiger partial charge on any atom is 0.248 e. The molecule has 0 aliphatic carbocycles. The van der Waals surface area contributed by atoms with Crippen molar-refractivity contribution in [1.82, 2.24) is 0 Å². The highest BCUT2D eigenvalue weighted by molar-refractivity contribution is 6.30. The van der Waals surface area contributed by atoms with Crippen molar-refractivity contribution < 1.29 is 9.18 Å². The van der Waals surface area contributed by atoms with Crippen molar-refractivity contribution in [3.05, 3.63) is 64.4 Å². The van der Waals surface area contributed by atoms with Crippen LogP contribution in [-0.4, -0.2) is 5.91 Å². The maximum absolute atomic E-state index is 13.6. The van der Waals surface area contributed by atoms with Crippen molar-refractivity contribution in [2.75, 3.05) is 5.32 Å². The van der Waals surface area contributed by atoms with Gasteiger partial charge in [0.05, 0.1) is 0 Å². The molecular formula is C14H12ClFN2O. The van der Waals surface area contributed by atoms with Gasteiger partial charge in [0.15, 0.2) is 0 Å². The first-order valence-electron chi connectivity index (χ1n) is 5.64. The van der Waals surface area contributed by atoms with E-state index in [4.69, 9.17) is 17.3 Å². The summed E-state index contributed by atoms with van der Waals surface area (Å²) in [5, 5.41) is 3.63. The lowest BCUT2D eigenvalue weighted by molar-refractivity contribution is 0.1000. The van der Waals surface area contributed by atoms with Gasteiger partial charge in [-0.1, -0.05) is 17.7 Å². The standard InChI is InChI=1S/C14H12ClFN2O/c15-11-2-1-3-12(7-11)18-8-10-6-9(14(17)19)4-5-13(10)16/h1-7,18H,8H2,(H2,17,19). The molecule has 0 aliphatic heterocycles. The molecule has 2 aromatic carbocycles. The van der Waals surface area contributed by atoms with Gasteiger partial charge in [-0.15, -0.1) is 0 Å². The molecule has 0 aliphatic rings. The van der Waals surface area contributed by atoms with Gasteiger partial charge in [-0.3, -0.25) is 4.79 Å². The van der Waals surface area contributed by atoms with E-state index < -0.39 is 5.91 Å². The monoisotopic (exact) mass is 278 g/mol. The number of anilines is 1. The van der Waals surface area contributed by atoms with Crippen molar-refractivity contribution in [3.8, 4) is 0 Å². The molecule has 0 saturated carbocycles. The SMILES string of the molecule is NC(=O)c1ccc(F)c(CNc2cccc(Cl)c2)c1. The van der Waals surface area contributed by atoms with Crippen molar-refractivity contribution in [2.45, 2.75) is 6.54 Å². The zero-order valence-electron chi connectivity index (χ0n) is 9.99. The minimum Gasteiger partial charge on any atom is -0.381 e. The highest BCUT2D eigenvalue weighted by Gasteiger charge is 2.07. The second-order valence-electron chi connectivity index (χ2n) is 4.03. The van der Waals surface area contributed by atoms with Crippen LogP contribution in [0.5, 0.6) is 0 Å². The molecule has 0 atom stereocenters. The fraction of sp³-hybridized carbons (Fsp3) is 0.0714. The predicted molar refractivity (Wildman–Crippen MR) is 73.7 cm³/mol. The molecule has 2 aromatic rings. The zero-order valence-corrected chi connectivity index (χ0v) is 10.7. The Labute approximate surface area is 115 Å². The van der Waals surface area contributed by atoms with Crippen LogP contribution in [0.25, 0.3) is 0 Å². The number of primary amides is 1. The molecule has 98 valence electrons. The summed E-state index contributed by atoms with van der Waals surface area (Å²) in [7, 11) is 0. The highest BCUT2D eigenvalue weighted by Crippen LogP contribution is 2.17. The number of hydrogen-bond donors (Lipinski definition) is 2. The number of nitrogens with two attached hydrogens (primary N) is 1. The van der Waals surface area contributed by atoms with Crippen molar-refractivity contribution >= 4 is 23.2 Å². The number of amides is 1. The van der Waals surface area contributed by atoms with Gasteiger partial charge in [0.1, 0.15) is 5.82 Å². The van der Waals surface area contributed by atoms with Crippen molar-refractivity contribution in [3.63, 3.8) is 0 Å². The van der Waals surface area contributed by atoms with E-state index in [2.05, 4.69) is 5.32 Å². The van der Waals surface area contributed by atoms with Gasteiger partial charge >= 0.3 is 0 Å². The second-order valence-corrected chi connectivity index (χ2v) is 4.47. The van der Waals surface area contributed by atoms with E-state index in [1.54, 1.807) is 18.2 Å². The minimum atomic E-state index is -0.580. The summed E-state index contributed by atoms with van der Waals surface area (Å²) in [6.45, 7) is 0.243. The number of nitrogens with one attached hydrogen (secondary N) is 1. The van der Waals surface area contributed by atoms with E-state index in [0.29, 0.717) is 10.6 Å². The smallest absolute Gasteiger partial charge is 0.248 e. The van der Waals surface area contributed by atoms with Crippen LogP contribution in [0, 0.1) is 5.82 Å². The Balaban J connectivity index is 2.15. The van der Waals surface area contributed by atoms with Gasteiger partial charge in [0.2, 0.25) is 5.91 Å². The van der Waals surface area contributed by atoms with Crippen LogP contribution in [-0.2, 0) is 6.54 Å². The van der Waals surface area contributed by atoms with E-state index in [9.17, 15) is 9.18 Å². The fourth-order valence-electron chi connectivity index (χ4n) is 1.66. The molecule has 0 aromatic heterocycles. The summed E-state index contributed by atoms with van der Waals surface area (Å²) >= 11 is 5.85. The molecule has 5 heteroatoms. The zero-order chi connectivity index (χ0) is 13.8. The van der Waals surface area contributed by atoms with Gasteiger partial charge < -0.3 is 11.1 Å². The first-order valence-corrected chi connectivity index (χ1v) is 6.02. The molecule has 2 rings (SSSR count). The summed E-state index contributed by atoms with van der Waals surface area (Å²) < 4.78 is 13.6. The van der Waals surface area contributed by atoms with E-state index in [-0.39, 0.29) is 17.9 Å². The minimum absolute atomic E-state index is 0.243. The number of halogens is 2. The third-order valence-corrected chi connectivity index (χ3v) is 2.87. The lowest BCUT2D eigenvalue weighted by Gasteiger charge is -2.08. The Morgan fingerprint density at radius 2 is 2.05 bits per heavy atom. The van der Waals surface area contributed by atoms with Crippen LogP contribution < -0.4 is 11.1 Å². The second kappa shape index (κ2) is 5.71. The summed E-state index contributed by atoms with van der Waals surface area (Å²) in [6, 6.07) is 11.1. The number of rotatable bonds is 4. The number of benzene rings is 2. The topological polar surface area (TPSA) is 55.1 Å². The number of carbonyl (C=O) groups excluding carboxylic acids is 1. The third kappa shape index (κ3) is 3.45.